The Balaban J connectivity index is 0.00000242. The van der Waals surface area contributed by atoms with Gasteiger partial charge in [-0.05, 0) is 56.0 Å². The number of hydrogen-bond acceptors (Lipinski definition) is 2. The zero-order valence-corrected chi connectivity index (χ0v) is 16.2. The van der Waals surface area contributed by atoms with Gasteiger partial charge in [0.2, 0.25) is 0 Å². The quantitative estimate of drug-likeness (QED) is 0.449. The first-order chi connectivity index (χ1) is 10.0. The largest absolute Gasteiger partial charge is 0.370 e. The van der Waals surface area contributed by atoms with Gasteiger partial charge in [0.25, 0.3) is 0 Å². The van der Waals surface area contributed by atoms with Crippen molar-refractivity contribution in [2.45, 2.75) is 32.6 Å². The molecule has 0 bridgehead atoms. The molecule has 1 aromatic rings. The van der Waals surface area contributed by atoms with Crippen LogP contribution in [0.3, 0.4) is 0 Å². The van der Waals surface area contributed by atoms with E-state index in [-0.39, 0.29) is 24.0 Å². The molecular weight excluding hydrogens is 387 g/mol. The van der Waals surface area contributed by atoms with E-state index in [0.717, 1.165) is 18.8 Å². The van der Waals surface area contributed by atoms with Crippen molar-refractivity contribution >= 4 is 35.6 Å². The Kier molecular flexibility index (Phi) is 8.17. The van der Waals surface area contributed by atoms with Crippen LogP contribution in [0, 0.1) is 5.92 Å². The summed E-state index contributed by atoms with van der Waals surface area (Å²) in [6, 6.07) is 8.37. The molecule has 3 N–H and O–H groups in total. The Morgan fingerprint density at radius 2 is 2.23 bits per heavy atom. The van der Waals surface area contributed by atoms with Gasteiger partial charge in [-0.15, -0.1) is 24.0 Å². The summed E-state index contributed by atoms with van der Waals surface area (Å²) in [5, 5.41) is 3.20. The van der Waals surface area contributed by atoms with Gasteiger partial charge >= 0.3 is 0 Å². The molecule has 1 fully saturated rings. The summed E-state index contributed by atoms with van der Waals surface area (Å²) >= 11 is 0. The number of rotatable bonds is 4. The van der Waals surface area contributed by atoms with Crippen LogP contribution < -0.4 is 11.1 Å². The fourth-order valence-electron chi connectivity index (χ4n) is 2.81. The van der Waals surface area contributed by atoms with Gasteiger partial charge in [-0.25, -0.2) is 0 Å². The van der Waals surface area contributed by atoms with E-state index in [4.69, 9.17) is 5.73 Å². The lowest BCUT2D eigenvalue weighted by Gasteiger charge is -2.28. The third-order valence-electron chi connectivity index (χ3n) is 4.07. The van der Waals surface area contributed by atoms with E-state index < -0.39 is 0 Å². The number of benzene rings is 1. The number of hydrogen-bond donors (Lipinski definition) is 2. The normalized spacial score (nSPS) is 19.8. The fraction of sp³-hybridized carbons (Fsp3) is 0.588. The molecule has 0 saturated carbocycles. The summed E-state index contributed by atoms with van der Waals surface area (Å²) in [6.45, 7) is 7.52. The van der Waals surface area contributed by atoms with Gasteiger partial charge < -0.3 is 16.0 Å². The molecular formula is C17H29IN4. The van der Waals surface area contributed by atoms with E-state index in [1.54, 1.807) is 0 Å². The third kappa shape index (κ3) is 6.12. The van der Waals surface area contributed by atoms with Crippen molar-refractivity contribution in [3.8, 4) is 0 Å². The fourth-order valence-corrected chi connectivity index (χ4v) is 2.81. The minimum Gasteiger partial charge on any atom is -0.370 e. The van der Waals surface area contributed by atoms with E-state index in [2.05, 4.69) is 54.3 Å². The van der Waals surface area contributed by atoms with Gasteiger partial charge in [-0.3, -0.25) is 4.99 Å². The van der Waals surface area contributed by atoms with Crippen LogP contribution in [0.4, 0.5) is 5.69 Å². The molecule has 1 heterocycles. The maximum atomic E-state index is 6.01. The van der Waals surface area contributed by atoms with Gasteiger partial charge in [0.1, 0.15) is 0 Å². The number of nitrogens with zero attached hydrogens (tertiary/aromatic N) is 2. The first-order valence-electron chi connectivity index (χ1n) is 7.90. The molecule has 22 heavy (non-hydrogen) atoms. The molecule has 0 aromatic heterocycles. The molecule has 0 amide bonds. The molecule has 1 saturated heterocycles. The standard InChI is InChI=1S/C17H28N4.HI/c1-13(2)15-7-4-8-16(10-15)20-17(18)19-11-14-6-5-9-21(3)12-14;/h4,7-8,10,13-14H,5-6,9,11-12H2,1-3H3,(H3,18,19,20);1H. The maximum Gasteiger partial charge on any atom is 0.193 e. The van der Waals surface area contributed by atoms with Crippen molar-refractivity contribution in [3.05, 3.63) is 29.8 Å². The first-order valence-corrected chi connectivity index (χ1v) is 7.90. The number of anilines is 1. The molecule has 1 aliphatic heterocycles. The number of aliphatic imine (C=N–C) groups is 1. The molecule has 124 valence electrons. The number of piperidine rings is 1. The average Bonchev–Trinajstić information content (AvgIpc) is 2.45. The SMILES string of the molecule is CC(C)c1cccc(NC(N)=NCC2CCCN(C)C2)c1.I. The van der Waals surface area contributed by atoms with Crippen LogP contribution in [0.5, 0.6) is 0 Å². The Bertz CT molecular complexity index is 487. The van der Waals surface area contributed by atoms with Crippen molar-refractivity contribution in [1.29, 1.82) is 0 Å². The molecule has 4 nitrogen and oxygen atoms in total. The number of halogens is 1. The lowest BCUT2D eigenvalue weighted by atomic mass is 9.99. The number of likely N-dealkylation sites (tertiary alicyclic amines) is 1. The second-order valence-electron chi connectivity index (χ2n) is 6.40. The van der Waals surface area contributed by atoms with E-state index in [1.165, 1.54) is 24.9 Å². The van der Waals surface area contributed by atoms with Gasteiger partial charge in [0.15, 0.2) is 5.96 Å². The Hall–Kier alpha value is -0.820. The van der Waals surface area contributed by atoms with E-state index in [9.17, 15) is 0 Å². The highest BCUT2D eigenvalue weighted by atomic mass is 127. The van der Waals surface area contributed by atoms with Crippen LogP contribution >= 0.6 is 24.0 Å². The molecule has 1 aliphatic rings. The lowest BCUT2D eigenvalue weighted by molar-refractivity contribution is 0.214. The Labute approximate surface area is 151 Å². The summed E-state index contributed by atoms with van der Waals surface area (Å²) < 4.78 is 0. The topological polar surface area (TPSA) is 53.6 Å². The summed E-state index contributed by atoms with van der Waals surface area (Å²) in [6.07, 6.45) is 2.52. The van der Waals surface area contributed by atoms with Crippen molar-refractivity contribution < 1.29 is 0 Å². The van der Waals surface area contributed by atoms with Crippen LogP contribution in [0.15, 0.2) is 29.3 Å². The van der Waals surface area contributed by atoms with Crippen LogP contribution in [0.1, 0.15) is 38.2 Å². The monoisotopic (exact) mass is 416 g/mol. The second kappa shape index (κ2) is 9.35. The highest BCUT2D eigenvalue weighted by Crippen LogP contribution is 2.18. The third-order valence-corrected chi connectivity index (χ3v) is 4.07. The molecule has 0 spiro atoms. The Morgan fingerprint density at radius 3 is 2.91 bits per heavy atom. The summed E-state index contributed by atoms with van der Waals surface area (Å²) in [4.78, 5) is 6.88. The van der Waals surface area contributed by atoms with Crippen LogP contribution in [0.25, 0.3) is 0 Å². The lowest BCUT2D eigenvalue weighted by Crippen LogP contribution is -2.34. The number of nitrogens with one attached hydrogen (secondary N) is 1. The van der Waals surface area contributed by atoms with Crippen LogP contribution in [-0.4, -0.2) is 37.5 Å². The van der Waals surface area contributed by atoms with Gasteiger partial charge in [-0.2, -0.15) is 0 Å². The van der Waals surface area contributed by atoms with Crippen molar-refractivity contribution in [1.82, 2.24) is 4.90 Å². The second-order valence-corrected chi connectivity index (χ2v) is 6.40. The maximum absolute atomic E-state index is 6.01. The zero-order chi connectivity index (χ0) is 15.2. The predicted octanol–water partition coefficient (Wildman–Crippen LogP) is 3.50. The molecule has 1 aromatic carbocycles. The highest BCUT2D eigenvalue weighted by molar-refractivity contribution is 14.0. The molecule has 5 heteroatoms. The van der Waals surface area contributed by atoms with Crippen molar-refractivity contribution in [3.63, 3.8) is 0 Å². The highest BCUT2D eigenvalue weighted by Gasteiger charge is 2.16. The summed E-state index contributed by atoms with van der Waals surface area (Å²) in [7, 11) is 2.18. The molecule has 2 rings (SSSR count). The minimum absolute atomic E-state index is 0. The first kappa shape index (κ1) is 19.2. The van der Waals surface area contributed by atoms with Gasteiger partial charge in [0, 0.05) is 18.8 Å². The number of nitrogens with two attached hydrogens (primary N) is 1. The van der Waals surface area contributed by atoms with Crippen LogP contribution in [-0.2, 0) is 0 Å². The molecule has 1 atom stereocenters. The average molecular weight is 416 g/mol. The Morgan fingerprint density at radius 1 is 1.45 bits per heavy atom. The predicted molar refractivity (Wildman–Crippen MR) is 106 cm³/mol. The summed E-state index contributed by atoms with van der Waals surface area (Å²) in [5.74, 6) is 1.66. The van der Waals surface area contributed by atoms with Crippen molar-refractivity contribution in [2.24, 2.45) is 16.6 Å². The van der Waals surface area contributed by atoms with Gasteiger partial charge in [0.05, 0.1) is 0 Å². The number of guanidine groups is 1. The van der Waals surface area contributed by atoms with Gasteiger partial charge in [-0.1, -0.05) is 26.0 Å². The molecule has 1 unspecified atom stereocenters. The van der Waals surface area contributed by atoms with Crippen molar-refractivity contribution in [2.75, 3.05) is 32.0 Å². The van der Waals surface area contributed by atoms with E-state index >= 15 is 0 Å². The molecule has 0 aliphatic carbocycles. The van der Waals surface area contributed by atoms with E-state index in [0.29, 0.717) is 17.8 Å². The smallest absolute Gasteiger partial charge is 0.193 e. The minimum atomic E-state index is 0. The van der Waals surface area contributed by atoms with E-state index in [1.807, 2.05) is 6.07 Å². The summed E-state index contributed by atoms with van der Waals surface area (Å²) in [5.41, 5.74) is 8.33. The molecule has 0 radical (unpaired) electrons. The zero-order valence-electron chi connectivity index (χ0n) is 13.9. The van der Waals surface area contributed by atoms with Crippen LogP contribution in [0.2, 0.25) is 0 Å².